The summed E-state index contributed by atoms with van der Waals surface area (Å²) in [5, 5.41) is 8.81. The third-order valence-electron chi connectivity index (χ3n) is 11.2. The summed E-state index contributed by atoms with van der Waals surface area (Å²) in [6, 6.07) is 10.7. The van der Waals surface area contributed by atoms with Gasteiger partial charge in [-0.1, -0.05) is 24.6 Å². The molecule has 4 aliphatic rings. The van der Waals surface area contributed by atoms with Crippen molar-refractivity contribution in [3.05, 3.63) is 70.3 Å². The summed E-state index contributed by atoms with van der Waals surface area (Å²) in [7, 11) is 2.21. The Morgan fingerprint density at radius 3 is 2.57 bits per heavy atom. The van der Waals surface area contributed by atoms with Crippen molar-refractivity contribution in [1.29, 1.82) is 0 Å². The molecular formula is C37H47BF2N6O3. The lowest BCUT2D eigenvalue weighted by Crippen LogP contribution is -2.55. The second-order valence-corrected chi connectivity index (χ2v) is 14.5. The lowest BCUT2D eigenvalue weighted by Gasteiger charge is -2.47. The number of allylic oxidation sites excluding steroid dienone is 3. The summed E-state index contributed by atoms with van der Waals surface area (Å²) in [6.45, 7) is 3.89. The summed E-state index contributed by atoms with van der Waals surface area (Å²) in [6.07, 6.45) is 9.13. The maximum absolute atomic E-state index is 15.8. The molecule has 0 spiro atoms. The van der Waals surface area contributed by atoms with Crippen molar-refractivity contribution < 1.29 is 27.4 Å². The van der Waals surface area contributed by atoms with E-state index in [1.54, 1.807) is 13.8 Å². The molecule has 260 valence electrons. The highest BCUT2D eigenvalue weighted by molar-refractivity contribution is 6.58. The Labute approximate surface area is 286 Å². The molecule has 4 aliphatic heterocycles. The van der Waals surface area contributed by atoms with Gasteiger partial charge in [0.25, 0.3) is 5.91 Å². The van der Waals surface area contributed by atoms with Gasteiger partial charge >= 0.3 is 12.9 Å². The van der Waals surface area contributed by atoms with E-state index in [2.05, 4.69) is 17.3 Å². The van der Waals surface area contributed by atoms with Gasteiger partial charge in [0, 0.05) is 66.3 Å². The minimum Gasteiger partial charge on any atom is -0.466 e. The number of piperidine rings is 2. The number of halogens is 2. The zero-order chi connectivity index (χ0) is 34.6. The van der Waals surface area contributed by atoms with E-state index >= 15 is 8.63 Å². The van der Waals surface area contributed by atoms with Gasteiger partial charge in [0.05, 0.1) is 12.1 Å². The lowest BCUT2D eigenvalue weighted by molar-refractivity contribution is -0.363. The highest BCUT2D eigenvalue weighted by Crippen LogP contribution is 2.43. The Kier molecular flexibility index (Phi) is 8.88. The molecule has 0 radical (unpaired) electrons. The minimum atomic E-state index is -4.00. The number of amides is 1. The molecule has 2 aromatic heterocycles. The Balaban J connectivity index is 0.946. The monoisotopic (exact) mass is 672 g/mol. The number of aryl methyl sites for hydroxylation is 3. The predicted molar refractivity (Wildman–Crippen MR) is 188 cm³/mol. The summed E-state index contributed by atoms with van der Waals surface area (Å²) in [5.74, 6) is -0.450. The molecular weight excluding hydrogens is 625 g/mol. The first-order valence-electron chi connectivity index (χ1n) is 17.9. The third-order valence-corrected chi connectivity index (χ3v) is 11.2. The van der Waals surface area contributed by atoms with Crippen molar-refractivity contribution in [3.63, 3.8) is 0 Å². The number of nitrogens with zero attached hydrogens (tertiary/aromatic N) is 5. The normalized spacial score (nSPS) is 23.1. The molecule has 1 aromatic carbocycles. The number of ether oxygens (including phenoxy) is 1. The fourth-order valence-electron chi connectivity index (χ4n) is 9.00. The van der Waals surface area contributed by atoms with Crippen LogP contribution in [0.2, 0.25) is 0 Å². The van der Waals surface area contributed by atoms with E-state index in [1.807, 2.05) is 54.9 Å². The van der Waals surface area contributed by atoms with Crippen LogP contribution >= 0.6 is 0 Å². The molecule has 2 saturated heterocycles. The topological polar surface area (TPSA) is 84.4 Å². The van der Waals surface area contributed by atoms with Crippen LogP contribution in [0.4, 0.5) is 8.63 Å². The van der Waals surface area contributed by atoms with E-state index in [4.69, 9.17) is 9.84 Å². The SMILES string of the molecule is CC1=CC(C)=[N+]2C1=C(CCCOC(=O)CCCn1nc(C(=O)NC3C[C@H]4CCC[C@@H](C3)N4C)c3ccccc31)c1c(C)cc(C)n1[B-]2(F)F. The lowest BCUT2D eigenvalue weighted by atomic mass is 9.82. The number of fused-ring (bicyclic) bond motifs is 5. The number of carbonyl (C=O) groups is 2. The quantitative estimate of drug-likeness (QED) is 0.154. The Morgan fingerprint density at radius 2 is 1.82 bits per heavy atom. The molecule has 6 heterocycles. The molecule has 49 heavy (non-hydrogen) atoms. The first-order chi connectivity index (χ1) is 23.5. The van der Waals surface area contributed by atoms with Crippen LogP contribution in [0.1, 0.15) is 99.1 Å². The number of esters is 1. The Morgan fingerprint density at radius 1 is 1.08 bits per heavy atom. The molecule has 9 nitrogen and oxygen atoms in total. The van der Waals surface area contributed by atoms with E-state index in [0.29, 0.717) is 66.4 Å². The van der Waals surface area contributed by atoms with Crippen LogP contribution in [0.15, 0.2) is 47.7 Å². The fraction of sp³-hybridized carbons (Fsp3) is 0.514. The maximum Gasteiger partial charge on any atom is 0.737 e. The molecule has 1 unspecified atom stereocenters. The highest BCUT2D eigenvalue weighted by atomic mass is 19.2. The van der Waals surface area contributed by atoms with E-state index in [1.165, 1.54) is 28.2 Å². The highest BCUT2D eigenvalue weighted by Gasteiger charge is 2.54. The Bertz CT molecular complexity index is 1910. The van der Waals surface area contributed by atoms with Crippen molar-refractivity contribution in [2.45, 2.75) is 110 Å². The number of nitrogens with one attached hydrogen (secondary N) is 1. The molecule has 2 bridgehead atoms. The number of para-hydroxylation sites is 1. The van der Waals surface area contributed by atoms with Gasteiger partial charge in [0.2, 0.25) is 0 Å². The first-order valence-corrected chi connectivity index (χ1v) is 17.9. The number of hydrogen-bond donors (Lipinski definition) is 1. The second kappa shape index (κ2) is 13.0. The number of rotatable bonds is 10. The van der Waals surface area contributed by atoms with Crippen molar-refractivity contribution in [1.82, 2.24) is 24.5 Å². The molecule has 1 amide bonds. The maximum atomic E-state index is 15.8. The largest absolute Gasteiger partial charge is 0.737 e. The molecule has 3 atom stereocenters. The van der Waals surface area contributed by atoms with Crippen LogP contribution in [0.25, 0.3) is 16.5 Å². The van der Waals surface area contributed by atoms with Crippen LogP contribution in [0, 0.1) is 13.8 Å². The smallest absolute Gasteiger partial charge is 0.466 e. The molecule has 3 aromatic rings. The van der Waals surface area contributed by atoms with E-state index < -0.39 is 6.97 Å². The van der Waals surface area contributed by atoms with E-state index in [9.17, 15) is 9.59 Å². The van der Waals surface area contributed by atoms with Gasteiger partial charge in [-0.25, -0.2) is 0 Å². The Hall–Kier alpha value is -4.06. The molecule has 0 aliphatic carbocycles. The number of carbonyl (C=O) groups excluding carboxylic acids is 2. The van der Waals surface area contributed by atoms with Crippen LogP contribution in [0.5, 0.6) is 0 Å². The average molecular weight is 673 g/mol. The van der Waals surface area contributed by atoms with E-state index in [-0.39, 0.29) is 30.9 Å². The number of benzene rings is 1. The predicted octanol–water partition coefficient (Wildman–Crippen LogP) is 6.38. The molecule has 0 saturated carbocycles. The fourth-order valence-corrected chi connectivity index (χ4v) is 9.00. The summed E-state index contributed by atoms with van der Waals surface area (Å²) in [4.78, 5) is 28.7. The van der Waals surface area contributed by atoms with Gasteiger partial charge in [-0.3, -0.25) is 14.3 Å². The van der Waals surface area contributed by atoms with Crippen molar-refractivity contribution in [2.24, 2.45) is 0 Å². The molecule has 7 rings (SSSR count). The second-order valence-electron chi connectivity index (χ2n) is 14.5. The summed E-state index contributed by atoms with van der Waals surface area (Å²) in [5.41, 5.74) is 6.04. The van der Waals surface area contributed by atoms with Crippen LogP contribution in [-0.2, 0) is 16.1 Å². The number of aromatic nitrogens is 3. The summed E-state index contributed by atoms with van der Waals surface area (Å²) >= 11 is 0. The minimum absolute atomic E-state index is 0.141. The third kappa shape index (κ3) is 5.95. The average Bonchev–Trinajstić information content (AvgIpc) is 3.67. The van der Waals surface area contributed by atoms with Crippen LogP contribution in [-0.4, -0.2) is 80.0 Å². The molecule has 2 fully saturated rings. The van der Waals surface area contributed by atoms with Gasteiger partial charge < -0.3 is 32.5 Å². The van der Waals surface area contributed by atoms with Gasteiger partial charge in [-0.05, 0) is 96.2 Å². The molecule has 12 heteroatoms. The first kappa shape index (κ1) is 33.4. The van der Waals surface area contributed by atoms with Gasteiger partial charge in [-0.2, -0.15) is 5.10 Å². The van der Waals surface area contributed by atoms with Crippen molar-refractivity contribution >= 4 is 41.0 Å². The van der Waals surface area contributed by atoms with Crippen LogP contribution < -0.4 is 5.32 Å². The summed E-state index contributed by atoms with van der Waals surface area (Å²) < 4.78 is 41.4. The molecule has 1 N–H and O–H groups in total. The zero-order valence-corrected chi connectivity index (χ0v) is 29.3. The van der Waals surface area contributed by atoms with Gasteiger partial charge in [0.15, 0.2) is 11.4 Å². The standard InChI is InChI=1S/C37H47BF2N6O3/c1-23-19-25(3)45-35(23)31(36-24(2)20-26(4)46(36)38(45,39)40)14-10-18-49-33(47)16-9-17-44-32-15-7-6-13-30(32)34(42-44)37(48)41-27-21-28-11-8-12-29(22-27)43(28)5/h6-7,13,15,19-20,27-29H,8-12,14,16-18,21-22H2,1-5H3,(H,41,48)/t27?,28-,29+. The van der Waals surface area contributed by atoms with Crippen molar-refractivity contribution in [3.8, 4) is 0 Å². The zero-order valence-electron chi connectivity index (χ0n) is 29.3. The van der Waals surface area contributed by atoms with Crippen LogP contribution in [0.3, 0.4) is 0 Å². The van der Waals surface area contributed by atoms with Crippen molar-refractivity contribution in [2.75, 3.05) is 13.7 Å². The van der Waals surface area contributed by atoms with E-state index in [0.717, 1.165) is 40.5 Å². The number of hydrogen-bond acceptors (Lipinski definition) is 5. The van der Waals surface area contributed by atoms with Gasteiger partial charge in [0.1, 0.15) is 5.71 Å². The van der Waals surface area contributed by atoms with Gasteiger partial charge in [-0.15, -0.1) is 0 Å².